The van der Waals surface area contributed by atoms with Crippen LogP contribution < -0.4 is 5.32 Å². The van der Waals surface area contributed by atoms with E-state index in [9.17, 15) is 0 Å². The van der Waals surface area contributed by atoms with Crippen molar-refractivity contribution in [2.75, 3.05) is 20.8 Å². The molecule has 0 fully saturated rings. The molecule has 1 unspecified atom stereocenters. The Kier molecular flexibility index (Phi) is 6.04. The molecule has 1 heterocycles. The Hall–Kier alpha value is -0.930. The second-order valence-electron chi connectivity index (χ2n) is 3.88. The Morgan fingerprint density at radius 1 is 1.50 bits per heavy atom. The number of aryl methyl sites for hydroxylation is 1. The molecule has 1 aromatic heterocycles. The van der Waals surface area contributed by atoms with Crippen LogP contribution in [0.3, 0.4) is 0 Å². The van der Waals surface area contributed by atoms with Crippen molar-refractivity contribution in [3.8, 4) is 0 Å². The summed E-state index contributed by atoms with van der Waals surface area (Å²) in [4.78, 5) is 4.50. The number of hydrogen-bond donors (Lipinski definition) is 1. The van der Waals surface area contributed by atoms with Crippen LogP contribution in [0.1, 0.15) is 37.1 Å². The van der Waals surface area contributed by atoms with E-state index in [-0.39, 0.29) is 0 Å². The second-order valence-corrected chi connectivity index (χ2v) is 3.88. The number of methoxy groups -OCH3 is 1. The maximum atomic E-state index is 5.08. The average Bonchev–Trinajstić information content (AvgIpc) is 2.35. The van der Waals surface area contributed by atoms with Crippen LogP contribution in [0.5, 0.6) is 0 Å². The van der Waals surface area contributed by atoms with E-state index >= 15 is 0 Å². The van der Waals surface area contributed by atoms with Crippen LogP contribution in [0.2, 0.25) is 0 Å². The first kappa shape index (κ1) is 13.1. The molecule has 1 aromatic rings. The largest absolute Gasteiger partial charge is 0.385 e. The Morgan fingerprint density at radius 2 is 2.31 bits per heavy atom. The fourth-order valence-electron chi connectivity index (χ4n) is 1.91. The molecule has 1 atom stereocenters. The molecule has 0 aromatic carbocycles. The first-order chi connectivity index (χ1) is 7.83. The maximum Gasteiger partial charge on any atom is 0.0604 e. The van der Waals surface area contributed by atoms with Crippen LogP contribution in [0.4, 0.5) is 0 Å². The smallest absolute Gasteiger partial charge is 0.0604 e. The van der Waals surface area contributed by atoms with Gasteiger partial charge < -0.3 is 10.1 Å². The Balaban J connectivity index is 2.69. The number of nitrogens with one attached hydrogen (secondary N) is 1. The minimum Gasteiger partial charge on any atom is -0.385 e. The summed E-state index contributed by atoms with van der Waals surface area (Å²) in [5, 5.41) is 3.33. The van der Waals surface area contributed by atoms with Crippen molar-refractivity contribution >= 4 is 0 Å². The summed E-state index contributed by atoms with van der Waals surface area (Å²) in [6.45, 7) is 2.98. The number of nitrogens with zero attached hydrogens (tertiary/aromatic N) is 1. The van der Waals surface area contributed by atoms with Crippen molar-refractivity contribution in [1.29, 1.82) is 0 Å². The number of aromatic nitrogens is 1. The molecular formula is C13H22N2O. The fourth-order valence-corrected chi connectivity index (χ4v) is 1.91. The lowest BCUT2D eigenvalue weighted by Crippen LogP contribution is -2.19. The predicted octanol–water partition coefficient (Wildman–Crippen LogP) is 2.33. The van der Waals surface area contributed by atoms with Crippen LogP contribution in [0, 0.1) is 0 Å². The topological polar surface area (TPSA) is 34.1 Å². The summed E-state index contributed by atoms with van der Waals surface area (Å²) in [5.74, 6) is 0. The van der Waals surface area contributed by atoms with Crippen molar-refractivity contribution in [2.24, 2.45) is 0 Å². The van der Waals surface area contributed by atoms with Gasteiger partial charge in [-0.05, 0) is 37.9 Å². The summed E-state index contributed by atoms with van der Waals surface area (Å²) in [5.41, 5.74) is 2.52. The van der Waals surface area contributed by atoms with Crippen LogP contribution in [0.25, 0.3) is 0 Å². The zero-order chi connectivity index (χ0) is 11.8. The Labute approximate surface area is 98.2 Å². The lowest BCUT2D eigenvalue weighted by atomic mass is 10.0. The summed E-state index contributed by atoms with van der Waals surface area (Å²) in [7, 11) is 3.73. The number of hydrogen-bond acceptors (Lipinski definition) is 3. The van der Waals surface area contributed by atoms with E-state index in [1.54, 1.807) is 7.11 Å². The van der Waals surface area contributed by atoms with Crippen LogP contribution in [0.15, 0.2) is 18.3 Å². The zero-order valence-corrected chi connectivity index (χ0v) is 10.5. The van der Waals surface area contributed by atoms with Crippen LogP contribution in [-0.4, -0.2) is 25.7 Å². The van der Waals surface area contributed by atoms with E-state index < -0.39 is 0 Å². The molecule has 0 aliphatic rings. The third-order valence-corrected chi connectivity index (χ3v) is 2.83. The SMILES string of the molecule is CCc1cccnc1C(CCCOC)NC. The van der Waals surface area contributed by atoms with Gasteiger partial charge in [0.05, 0.1) is 5.69 Å². The third-order valence-electron chi connectivity index (χ3n) is 2.83. The maximum absolute atomic E-state index is 5.08. The highest BCUT2D eigenvalue weighted by molar-refractivity contribution is 5.22. The van der Waals surface area contributed by atoms with Gasteiger partial charge in [-0.25, -0.2) is 0 Å². The molecule has 3 heteroatoms. The highest BCUT2D eigenvalue weighted by atomic mass is 16.5. The molecule has 0 aliphatic carbocycles. The Morgan fingerprint density at radius 3 is 2.94 bits per heavy atom. The molecule has 3 nitrogen and oxygen atoms in total. The summed E-state index contributed by atoms with van der Waals surface area (Å²) in [6.07, 6.45) is 5.02. The van der Waals surface area contributed by atoms with E-state index in [0.717, 1.165) is 25.9 Å². The van der Waals surface area contributed by atoms with Gasteiger partial charge >= 0.3 is 0 Å². The molecule has 1 rings (SSSR count). The molecule has 90 valence electrons. The molecule has 16 heavy (non-hydrogen) atoms. The van der Waals surface area contributed by atoms with Crippen molar-refractivity contribution in [2.45, 2.75) is 32.2 Å². The van der Waals surface area contributed by atoms with Gasteiger partial charge in [0.2, 0.25) is 0 Å². The minimum atomic E-state index is 0.339. The van der Waals surface area contributed by atoms with E-state index in [1.807, 2.05) is 19.3 Å². The van der Waals surface area contributed by atoms with Crippen LogP contribution in [-0.2, 0) is 11.2 Å². The standard InChI is InChI=1S/C13H22N2O/c1-4-11-7-5-9-15-13(11)12(14-2)8-6-10-16-3/h5,7,9,12,14H,4,6,8,10H2,1-3H3. The van der Waals surface area contributed by atoms with Gasteiger partial charge in [-0.1, -0.05) is 13.0 Å². The van der Waals surface area contributed by atoms with Gasteiger partial charge in [0.1, 0.15) is 0 Å². The number of pyridine rings is 1. The third kappa shape index (κ3) is 3.58. The van der Waals surface area contributed by atoms with Gasteiger partial charge in [0, 0.05) is 26.0 Å². The van der Waals surface area contributed by atoms with Crippen molar-refractivity contribution in [1.82, 2.24) is 10.3 Å². The minimum absolute atomic E-state index is 0.339. The molecule has 0 radical (unpaired) electrons. The second kappa shape index (κ2) is 7.36. The summed E-state index contributed by atoms with van der Waals surface area (Å²) in [6, 6.07) is 4.50. The molecule has 1 N–H and O–H groups in total. The van der Waals surface area contributed by atoms with E-state index in [0.29, 0.717) is 6.04 Å². The van der Waals surface area contributed by atoms with Gasteiger partial charge in [0.25, 0.3) is 0 Å². The fraction of sp³-hybridized carbons (Fsp3) is 0.615. The molecule has 0 spiro atoms. The highest BCUT2D eigenvalue weighted by Gasteiger charge is 2.13. The van der Waals surface area contributed by atoms with E-state index in [4.69, 9.17) is 4.74 Å². The monoisotopic (exact) mass is 222 g/mol. The lowest BCUT2D eigenvalue weighted by molar-refractivity contribution is 0.189. The number of rotatable bonds is 7. The molecular weight excluding hydrogens is 200 g/mol. The number of ether oxygens (including phenoxy) is 1. The lowest BCUT2D eigenvalue weighted by Gasteiger charge is -2.18. The van der Waals surface area contributed by atoms with E-state index in [2.05, 4.69) is 23.3 Å². The molecule has 0 bridgehead atoms. The Bertz CT molecular complexity index is 302. The van der Waals surface area contributed by atoms with Crippen molar-refractivity contribution in [3.05, 3.63) is 29.6 Å². The first-order valence-electron chi connectivity index (χ1n) is 5.93. The van der Waals surface area contributed by atoms with Gasteiger partial charge in [-0.2, -0.15) is 0 Å². The summed E-state index contributed by atoms with van der Waals surface area (Å²) >= 11 is 0. The average molecular weight is 222 g/mol. The van der Waals surface area contributed by atoms with Gasteiger partial charge in [-0.3, -0.25) is 4.98 Å². The normalized spacial score (nSPS) is 12.7. The summed E-state index contributed by atoms with van der Waals surface area (Å²) < 4.78 is 5.08. The van der Waals surface area contributed by atoms with Crippen molar-refractivity contribution < 1.29 is 4.74 Å². The van der Waals surface area contributed by atoms with Crippen LogP contribution >= 0.6 is 0 Å². The first-order valence-corrected chi connectivity index (χ1v) is 5.93. The van der Waals surface area contributed by atoms with E-state index in [1.165, 1.54) is 11.3 Å². The molecule has 0 saturated heterocycles. The van der Waals surface area contributed by atoms with Gasteiger partial charge in [-0.15, -0.1) is 0 Å². The molecule has 0 aliphatic heterocycles. The quantitative estimate of drug-likeness (QED) is 0.719. The predicted molar refractivity (Wildman–Crippen MR) is 66.5 cm³/mol. The highest BCUT2D eigenvalue weighted by Crippen LogP contribution is 2.20. The molecule has 0 saturated carbocycles. The molecule has 0 amide bonds. The van der Waals surface area contributed by atoms with Gasteiger partial charge in [0.15, 0.2) is 0 Å². The van der Waals surface area contributed by atoms with Crippen molar-refractivity contribution in [3.63, 3.8) is 0 Å². The zero-order valence-electron chi connectivity index (χ0n) is 10.5.